The predicted molar refractivity (Wildman–Crippen MR) is 129 cm³/mol. The molecular weight excluding hydrogens is 482 g/mol. The Kier molecular flexibility index (Phi) is 6.62. The molecule has 1 fully saturated rings. The van der Waals surface area contributed by atoms with Crippen LogP contribution in [0.4, 0.5) is 4.79 Å². The molecule has 37 heavy (non-hydrogen) atoms. The first-order valence-corrected chi connectivity index (χ1v) is 12.9. The highest BCUT2D eigenvalue weighted by Crippen LogP contribution is 2.68. The molecule has 10 nitrogen and oxygen atoms in total. The zero-order valence-electron chi connectivity index (χ0n) is 21.7. The van der Waals surface area contributed by atoms with Gasteiger partial charge in [-0.15, -0.1) is 0 Å². The van der Waals surface area contributed by atoms with Gasteiger partial charge in [-0.05, 0) is 69.1 Å². The lowest BCUT2D eigenvalue weighted by Crippen LogP contribution is -2.69. The van der Waals surface area contributed by atoms with Crippen molar-refractivity contribution < 1.29 is 43.6 Å². The lowest BCUT2D eigenvalue weighted by Gasteiger charge is -2.61. The van der Waals surface area contributed by atoms with Crippen LogP contribution in [-0.2, 0) is 30.8 Å². The number of esters is 1. The first-order valence-electron chi connectivity index (χ1n) is 12.9. The summed E-state index contributed by atoms with van der Waals surface area (Å²) < 4.78 is 27.9. The first-order chi connectivity index (χ1) is 17.6. The van der Waals surface area contributed by atoms with Crippen LogP contribution in [0.15, 0.2) is 24.0 Å². The number of hydrogen-bond donors (Lipinski definition) is 2. The number of nitrogens with zero attached hydrogens (tertiary/aromatic N) is 1. The van der Waals surface area contributed by atoms with Gasteiger partial charge in [0.05, 0.1) is 30.8 Å². The van der Waals surface area contributed by atoms with Gasteiger partial charge in [-0.1, -0.05) is 13.0 Å². The van der Waals surface area contributed by atoms with E-state index >= 15 is 0 Å². The molecular formula is C27H35NO9. The van der Waals surface area contributed by atoms with Gasteiger partial charge in [0.15, 0.2) is 17.6 Å². The number of ether oxygens (including phenoxy) is 5. The van der Waals surface area contributed by atoms with Crippen LogP contribution >= 0.6 is 0 Å². The molecule has 5 atom stereocenters. The van der Waals surface area contributed by atoms with Crippen molar-refractivity contribution in [3.63, 3.8) is 0 Å². The summed E-state index contributed by atoms with van der Waals surface area (Å²) in [5, 5.41) is 22.4. The summed E-state index contributed by atoms with van der Waals surface area (Å²) in [6.45, 7) is 5.26. The van der Waals surface area contributed by atoms with Crippen LogP contribution < -0.4 is 9.47 Å². The highest BCUT2D eigenvalue weighted by Gasteiger charge is 2.72. The average Bonchev–Trinajstić information content (AvgIpc) is 3.21. The largest absolute Gasteiger partial charge is 0.493 e. The number of methoxy groups -OCH3 is 1. The summed E-state index contributed by atoms with van der Waals surface area (Å²) in [4.78, 5) is 24.8. The number of amides is 1. The maximum absolute atomic E-state index is 12.8. The Hall–Kier alpha value is -2.82. The third-order valence-corrected chi connectivity index (χ3v) is 8.42. The zero-order chi connectivity index (χ0) is 26.5. The maximum atomic E-state index is 12.8. The monoisotopic (exact) mass is 517 g/mol. The Labute approximate surface area is 216 Å². The van der Waals surface area contributed by atoms with E-state index in [4.69, 9.17) is 23.7 Å². The van der Waals surface area contributed by atoms with Crippen molar-refractivity contribution >= 4 is 12.1 Å². The van der Waals surface area contributed by atoms with E-state index in [1.54, 1.807) is 13.2 Å². The lowest BCUT2D eigenvalue weighted by atomic mass is 9.45. The van der Waals surface area contributed by atoms with Gasteiger partial charge in [0.1, 0.15) is 18.9 Å². The maximum Gasteiger partial charge on any atom is 0.434 e. The molecule has 3 aliphatic carbocycles. The highest BCUT2D eigenvalue weighted by atomic mass is 16.6. The minimum Gasteiger partial charge on any atom is -0.493 e. The van der Waals surface area contributed by atoms with Crippen LogP contribution in [0.5, 0.6) is 11.5 Å². The van der Waals surface area contributed by atoms with Gasteiger partial charge in [-0.3, -0.25) is 5.21 Å². The molecule has 4 aliphatic rings. The molecule has 1 aliphatic heterocycles. The van der Waals surface area contributed by atoms with E-state index in [0.717, 1.165) is 24.0 Å². The van der Waals surface area contributed by atoms with E-state index in [9.17, 15) is 19.9 Å². The molecule has 0 radical (unpaired) electrons. The molecule has 1 amide bonds. The summed E-state index contributed by atoms with van der Waals surface area (Å²) >= 11 is 0. The van der Waals surface area contributed by atoms with Crippen LogP contribution in [-0.4, -0.2) is 72.1 Å². The van der Waals surface area contributed by atoms with Gasteiger partial charge in [0.25, 0.3) is 0 Å². The van der Waals surface area contributed by atoms with Crippen LogP contribution in [0.1, 0.15) is 51.2 Å². The van der Waals surface area contributed by atoms with Crippen molar-refractivity contribution in [2.45, 2.75) is 69.7 Å². The Bertz CT molecular complexity index is 1120. The number of benzene rings is 1. The molecule has 2 bridgehead atoms. The van der Waals surface area contributed by atoms with E-state index < -0.39 is 35.7 Å². The predicted octanol–water partition coefficient (Wildman–Crippen LogP) is 3.11. The summed E-state index contributed by atoms with van der Waals surface area (Å²) in [7, 11) is 1.57. The Morgan fingerprint density at radius 1 is 1.27 bits per heavy atom. The zero-order valence-corrected chi connectivity index (χ0v) is 21.7. The SMILES string of the molecule is COc1ccc2c3c1O[C@H]1C(OC(=O)CN(O)C(=O)OCCOC(C)C)=CC[C@@]4(O)[C@@H](C2)C(C)CC[C@]314. The van der Waals surface area contributed by atoms with Gasteiger partial charge in [0, 0.05) is 5.56 Å². The summed E-state index contributed by atoms with van der Waals surface area (Å²) in [6, 6.07) is 3.92. The molecule has 202 valence electrons. The van der Waals surface area contributed by atoms with E-state index in [1.807, 2.05) is 26.0 Å². The van der Waals surface area contributed by atoms with Crippen molar-refractivity contribution in [2.24, 2.45) is 11.8 Å². The van der Waals surface area contributed by atoms with Crippen molar-refractivity contribution in [3.8, 4) is 11.5 Å². The molecule has 5 rings (SSSR count). The van der Waals surface area contributed by atoms with Crippen molar-refractivity contribution in [1.82, 2.24) is 5.06 Å². The van der Waals surface area contributed by atoms with Gasteiger partial charge >= 0.3 is 12.1 Å². The number of hydroxylamine groups is 2. The van der Waals surface area contributed by atoms with Crippen LogP contribution in [0.2, 0.25) is 0 Å². The fourth-order valence-corrected chi connectivity index (χ4v) is 6.80. The number of aliphatic hydroxyl groups is 1. The molecule has 1 saturated carbocycles. The first kappa shape index (κ1) is 25.8. The topological polar surface area (TPSA) is 124 Å². The van der Waals surface area contributed by atoms with Crippen LogP contribution in [0.25, 0.3) is 0 Å². The molecule has 1 aromatic rings. The van der Waals surface area contributed by atoms with E-state index in [-0.39, 0.29) is 36.1 Å². The summed E-state index contributed by atoms with van der Waals surface area (Å²) in [5.74, 6) is 0.924. The molecule has 2 N–H and O–H groups in total. The molecule has 0 saturated heterocycles. The number of carbonyl (C=O) groups excluding carboxylic acids is 2. The van der Waals surface area contributed by atoms with E-state index in [2.05, 4.69) is 6.92 Å². The number of carbonyl (C=O) groups is 2. The lowest BCUT2D eigenvalue weighted by molar-refractivity contribution is -0.173. The highest BCUT2D eigenvalue weighted by molar-refractivity contribution is 5.78. The smallest absolute Gasteiger partial charge is 0.434 e. The molecule has 10 heteroatoms. The van der Waals surface area contributed by atoms with E-state index in [0.29, 0.717) is 30.3 Å². The number of hydrogen-bond acceptors (Lipinski definition) is 9. The average molecular weight is 518 g/mol. The third kappa shape index (κ3) is 3.97. The second kappa shape index (κ2) is 9.49. The summed E-state index contributed by atoms with van der Waals surface area (Å²) in [6.07, 6.45) is 2.50. The van der Waals surface area contributed by atoms with Gasteiger partial charge in [0.2, 0.25) is 0 Å². The quantitative estimate of drug-likeness (QED) is 0.232. The van der Waals surface area contributed by atoms with Crippen molar-refractivity contribution in [3.05, 3.63) is 35.1 Å². The molecule has 1 unspecified atom stereocenters. The van der Waals surface area contributed by atoms with Crippen LogP contribution in [0, 0.1) is 11.8 Å². The van der Waals surface area contributed by atoms with E-state index in [1.165, 1.54) is 0 Å². The van der Waals surface area contributed by atoms with Crippen molar-refractivity contribution in [1.29, 1.82) is 0 Å². The Morgan fingerprint density at radius 2 is 2.05 bits per heavy atom. The van der Waals surface area contributed by atoms with Gasteiger partial charge in [-0.2, -0.15) is 5.06 Å². The number of rotatable bonds is 8. The van der Waals surface area contributed by atoms with Crippen molar-refractivity contribution in [2.75, 3.05) is 26.9 Å². The third-order valence-electron chi connectivity index (χ3n) is 8.42. The minimum atomic E-state index is -1.08. The Morgan fingerprint density at radius 3 is 2.78 bits per heavy atom. The summed E-state index contributed by atoms with van der Waals surface area (Å²) in [5.41, 5.74) is 0.235. The second-order valence-corrected chi connectivity index (χ2v) is 10.7. The molecule has 1 heterocycles. The standard InChI is InChI=1S/C27H35NO9/c1-15(2)34-11-12-35-25(30)28(32)14-21(29)36-20-8-10-27(31)18-13-17-5-6-19(33-4)23-22(17)26(27,24(20)37-23)9-7-16(18)3/h5-6,8,15-16,18,24,31-32H,7,9-14H2,1-4H3/t16?,18-,24-,26-,27+/m0/s1. The second-order valence-electron chi connectivity index (χ2n) is 10.7. The minimum absolute atomic E-state index is 0.0217. The molecule has 0 aromatic heterocycles. The normalized spacial score (nSPS) is 30.7. The fourth-order valence-electron chi connectivity index (χ4n) is 6.80. The van der Waals surface area contributed by atoms with Gasteiger partial charge < -0.3 is 28.8 Å². The van der Waals surface area contributed by atoms with Gasteiger partial charge in [-0.25, -0.2) is 9.59 Å². The Balaban J connectivity index is 1.35. The molecule has 1 spiro atoms. The van der Waals surface area contributed by atoms with Crippen LogP contribution in [0.3, 0.4) is 0 Å². The fraction of sp³-hybridized carbons (Fsp3) is 0.630. The molecule has 1 aromatic carbocycles.